The molecule has 6 nitrogen and oxygen atoms in total. The summed E-state index contributed by atoms with van der Waals surface area (Å²) in [6.07, 6.45) is 3.94. The molecule has 0 radical (unpaired) electrons. The number of carbonyl (C=O) groups excluding carboxylic acids is 2. The molecular weight excluding hydrogens is 368 g/mol. The topological polar surface area (TPSA) is 67.9 Å². The van der Waals surface area contributed by atoms with E-state index in [0.29, 0.717) is 24.6 Å². The fraction of sp³-hybridized carbons (Fsp3) is 0.304. The highest BCUT2D eigenvalue weighted by atomic mass is 16.5. The summed E-state index contributed by atoms with van der Waals surface area (Å²) in [5.41, 5.74) is 1.39. The predicted molar refractivity (Wildman–Crippen MR) is 115 cm³/mol. The van der Waals surface area contributed by atoms with Crippen LogP contribution < -0.4 is 14.8 Å². The molecule has 0 saturated heterocycles. The quantitative estimate of drug-likeness (QED) is 0.617. The Bertz CT molecular complexity index is 848. The number of anilines is 1. The third-order valence-electron chi connectivity index (χ3n) is 4.15. The van der Waals surface area contributed by atoms with Gasteiger partial charge in [0.1, 0.15) is 18.0 Å². The molecule has 0 aromatic heterocycles. The number of para-hydroxylation sites is 3. The van der Waals surface area contributed by atoms with Crippen LogP contribution in [0.25, 0.3) is 6.08 Å². The van der Waals surface area contributed by atoms with Gasteiger partial charge in [0.25, 0.3) is 0 Å². The Morgan fingerprint density at radius 2 is 1.72 bits per heavy atom. The van der Waals surface area contributed by atoms with Gasteiger partial charge in [-0.05, 0) is 37.6 Å². The molecule has 0 fully saturated rings. The van der Waals surface area contributed by atoms with E-state index in [2.05, 4.69) is 5.32 Å². The first-order chi connectivity index (χ1) is 14.1. The van der Waals surface area contributed by atoms with Crippen LogP contribution in [0.15, 0.2) is 54.6 Å². The zero-order chi connectivity index (χ0) is 21.1. The number of ether oxygens (including phenoxy) is 2. The number of nitrogens with one attached hydrogen (secondary N) is 1. The Kier molecular flexibility index (Phi) is 8.76. The van der Waals surface area contributed by atoms with E-state index in [0.717, 1.165) is 17.7 Å². The maximum atomic E-state index is 12.7. The average molecular weight is 396 g/mol. The fourth-order valence-corrected chi connectivity index (χ4v) is 2.82. The number of hydrogen-bond acceptors (Lipinski definition) is 4. The van der Waals surface area contributed by atoms with Gasteiger partial charge in [0.15, 0.2) is 0 Å². The SMILES string of the molecule is CCCN(CC(=O)Nc1ccccc1OC)C(=O)/C=C/c1ccccc1OCC. The van der Waals surface area contributed by atoms with Crippen LogP contribution in [0, 0.1) is 0 Å². The third-order valence-corrected chi connectivity index (χ3v) is 4.15. The number of methoxy groups -OCH3 is 1. The summed E-state index contributed by atoms with van der Waals surface area (Å²) in [6.45, 7) is 4.86. The lowest BCUT2D eigenvalue weighted by molar-refractivity contribution is -0.130. The first kappa shape index (κ1) is 22.0. The van der Waals surface area contributed by atoms with Crippen molar-refractivity contribution in [3.63, 3.8) is 0 Å². The van der Waals surface area contributed by atoms with E-state index in [1.165, 1.54) is 11.0 Å². The lowest BCUT2D eigenvalue weighted by Crippen LogP contribution is -2.37. The molecule has 0 atom stereocenters. The Labute approximate surface area is 172 Å². The predicted octanol–water partition coefficient (Wildman–Crippen LogP) is 3.98. The van der Waals surface area contributed by atoms with Crippen molar-refractivity contribution in [1.29, 1.82) is 0 Å². The number of nitrogens with zero attached hydrogens (tertiary/aromatic N) is 1. The van der Waals surface area contributed by atoms with E-state index < -0.39 is 0 Å². The van der Waals surface area contributed by atoms with Crippen LogP contribution >= 0.6 is 0 Å². The molecule has 6 heteroatoms. The largest absolute Gasteiger partial charge is 0.495 e. The number of carbonyl (C=O) groups is 2. The third kappa shape index (κ3) is 6.68. The summed E-state index contributed by atoms with van der Waals surface area (Å²) < 4.78 is 10.8. The van der Waals surface area contributed by atoms with Crippen molar-refractivity contribution in [3.05, 3.63) is 60.2 Å². The van der Waals surface area contributed by atoms with Gasteiger partial charge in [-0.3, -0.25) is 9.59 Å². The molecule has 2 rings (SSSR count). The van der Waals surface area contributed by atoms with Gasteiger partial charge in [0, 0.05) is 18.2 Å². The minimum atomic E-state index is -0.278. The molecule has 0 aliphatic rings. The molecule has 0 unspecified atom stereocenters. The van der Waals surface area contributed by atoms with Crippen molar-refractivity contribution in [2.24, 2.45) is 0 Å². The van der Waals surface area contributed by atoms with Crippen molar-refractivity contribution in [2.45, 2.75) is 20.3 Å². The standard InChI is InChI=1S/C23H28N2O4/c1-4-16-25(17-22(26)24-19-11-7-9-13-21(19)28-3)23(27)15-14-18-10-6-8-12-20(18)29-5-2/h6-15H,4-5,16-17H2,1-3H3,(H,24,26)/b15-14+. The summed E-state index contributed by atoms with van der Waals surface area (Å²) in [5.74, 6) is 0.782. The highest BCUT2D eigenvalue weighted by Gasteiger charge is 2.15. The average Bonchev–Trinajstić information content (AvgIpc) is 2.73. The summed E-state index contributed by atoms with van der Waals surface area (Å²) in [7, 11) is 1.54. The van der Waals surface area contributed by atoms with Gasteiger partial charge in [0.05, 0.1) is 19.4 Å². The van der Waals surface area contributed by atoms with Gasteiger partial charge >= 0.3 is 0 Å². The van der Waals surface area contributed by atoms with Crippen molar-refractivity contribution in [2.75, 3.05) is 32.1 Å². The van der Waals surface area contributed by atoms with Gasteiger partial charge in [-0.2, -0.15) is 0 Å². The molecule has 2 aromatic rings. The molecular formula is C23H28N2O4. The molecule has 29 heavy (non-hydrogen) atoms. The van der Waals surface area contributed by atoms with Crippen LogP contribution in [0.1, 0.15) is 25.8 Å². The number of rotatable bonds is 10. The van der Waals surface area contributed by atoms with E-state index in [-0.39, 0.29) is 18.4 Å². The van der Waals surface area contributed by atoms with Crippen LogP contribution in [0.4, 0.5) is 5.69 Å². The van der Waals surface area contributed by atoms with Crippen LogP contribution in [0.5, 0.6) is 11.5 Å². The van der Waals surface area contributed by atoms with Crippen LogP contribution in [-0.4, -0.2) is 43.5 Å². The second-order valence-corrected chi connectivity index (χ2v) is 6.31. The maximum Gasteiger partial charge on any atom is 0.247 e. The highest BCUT2D eigenvalue weighted by Crippen LogP contribution is 2.23. The normalized spacial score (nSPS) is 10.6. The molecule has 2 amide bonds. The highest BCUT2D eigenvalue weighted by molar-refractivity contribution is 5.98. The minimum Gasteiger partial charge on any atom is -0.495 e. The second kappa shape index (κ2) is 11.5. The van der Waals surface area contributed by atoms with Gasteiger partial charge in [-0.1, -0.05) is 37.3 Å². The van der Waals surface area contributed by atoms with E-state index in [4.69, 9.17) is 9.47 Å². The number of amides is 2. The van der Waals surface area contributed by atoms with E-state index in [9.17, 15) is 9.59 Å². The summed E-state index contributed by atoms with van der Waals surface area (Å²) >= 11 is 0. The van der Waals surface area contributed by atoms with Crippen LogP contribution in [-0.2, 0) is 9.59 Å². The molecule has 0 heterocycles. The van der Waals surface area contributed by atoms with Crippen molar-refractivity contribution in [1.82, 2.24) is 4.90 Å². The molecule has 2 aromatic carbocycles. The molecule has 154 valence electrons. The second-order valence-electron chi connectivity index (χ2n) is 6.31. The van der Waals surface area contributed by atoms with E-state index >= 15 is 0 Å². The number of benzene rings is 2. The first-order valence-electron chi connectivity index (χ1n) is 9.70. The van der Waals surface area contributed by atoms with Gasteiger partial charge < -0.3 is 19.7 Å². The zero-order valence-corrected chi connectivity index (χ0v) is 17.2. The van der Waals surface area contributed by atoms with Gasteiger partial charge in [0.2, 0.25) is 11.8 Å². The molecule has 0 spiro atoms. The van der Waals surface area contributed by atoms with E-state index in [1.807, 2.05) is 50.2 Å². The first-order valence-corrected chi connectivity index (χ1v) is 9.70. The monoisotopic (exact) mass is 396 g/mol. The lowest BCUT2D eigenvalue weighted by atomic mass is 10.2. The summed E-state index contributed by atoms with van der Waals surface area (Å²) in [4.78, 5) is 26.7. The summed E-state index contributed by atoms with van der Waals surface area (Å²) in [5, 5.41) is 2.80. The van der Waals surface area contributed by atoms with Crippen molar-refractivity contribution < 1.29 is 19.1 Å². The lowest BCUT2D eigenvalue weighted by Gasteiger charge is -2.20. The Hall–Kier alpha value is -3.28. The zero-order valence-electron chi connectivity index (χ0n) is 17.2. The fourth-order valence-electron chi connectivity index (χ4n) is 2.82. The molecule has 0 aliphatic heterocycles. The van der Waals surface area contributed by atoms with Crippen molar-refractivity contribution in [3.8, 4) is 11.5 Å². The minimum absolute atomic E-state index is 0.0395. The Morgan fingerprint density at radius 1 is 1.03 bits per heavy atom. The van der Waals surface area contributed by atoms with Crippen LogP contribution in [0.3, 0.4) is 0 Å². The summed E-state index contributed by atoms with van der Waals surface area (Å²) in [6, 6.07) is 14.7. The smallest absolute Gasteiger partial charge is 0.247 e. The maximum absolute atomic E-state index is 12.7. The molecule has 0 aliphatic carbocycles. The molecule has 0 saturated carbocycles. The molecule has 0 bridgehead atoms. The Balaban J connectivity index is 2.06. The van der Waals surface area contributed by atoms with E-state index in [1.54, 1.807) is 25.3 Å². The molecule has 1 N–H and O–H groups in total. The number of hydrogen-bond donors (Lipinski definition) is 1. The van der Waals surface area contributed by atoms with Crippen LogP contribution in [0.2, 0.25) is 0 Å². The van der Waals surface area contributed by atoms with Crippen molar-refractivity contribution >= 4 is 23.6 Å². The Morgan fingerprint density at radius 3 is 2.41 bits per heavy atom. The van der Waals surface area contributed by atoms with Gasteiger partial charge in [-0.25, -0.2) is 0 Å². The van der Waals surface area contributed by atoms with Gasteiger partial charge in [-0.15, -0.1) is 0 Å².